The summed E-state index contributed by atoms with van der Waals surface area (Å²) in [5.74, 6) is 0.554. The summed E-state index contributed by atoms with van der Waals surface area (Å²) in [5, 5.41) is 33.2. The first-order chi connectivity index (χ1) is 13.0. The first kappa shape index (κ1) is 17.8. The SMILES string of the molecule is C[C@@]1(n2cnc3c(NCc4ccccc4)ncnc32)O[C@H](CO)[C@@H](O)[C@H]1O. The van der Waals surface area contributed by atoms with E-state index in [2.05, 4.69) is 20.3 Å². The Morgan fingerprint density at radius 1 is 1.19 bits per heavy atom. The number of aliphatic hydroxyl groups is 3. The zero-order valence-corrected chi connectivity index (χ0v) is 14.7. The van der Waals surface area contributed by atoms with Crippen molar-refractivity contribution in [3.05, 3.63) is 48.5 Å². The predicted octanol–water partition coefficient (Wildman–Crippen LogP) is 0.224. The van der Waals surface area contributed by atoms with Crippen molar-refractivity contribution in [2.24, 2.45) is 0 Å². The van der Waals surface area contributed by atoms with E-state index in [0.717, 1.165) is 5.56 Å². The molecule has 0 aliphatic carbocycles. The molecule has 2 aromatic heterocycles. The molecule has 0 bridgehead atoms. The van der Waals surface area contributed by atoms with Gasteiger partial charge >= 0.3 is 0 Å². The van der Waals surface area contributed by atoms with Crippen LogP contribution in [-0.2, 0) is 17.0 Å². The number of hydrogen-bond donors (Lipinski definition) is 4. The minimum atomic E-state index is -1.31. The van der Waals surface area contributed by atoms with Gasteiger partial charge in [-0.3, -0.25) is 4.57 Å². The number of ether oxygens (including phenoxy) is 1. The van der Waals surface area contributed by atoms with E-state index in [9.17, 15) is 15.3 Å². The van der Waals surface area contributed by atoms with Gasteiger partial charge in [0.1, 0.15) is 24.6 Å². The number of fused-ring (bicyclic) bond motifs is 1. The third kappa shape index (κ3) is 2.94. The lowest BCUT2D eigenvalue weighted by Crippen LogP contribution is -2.43. The Balaban J connectivity index is 1.67. The number of hydrogen-bond acceptors (Lipinski definition) is 8. The fourth-order valence-corrected chi connectivity index (χ4v) is 3.38. The van der Waals surface area contributed by atoms with Gasteiger partial charge in [-0.15, -0.1) is 0 Å². The fourth-order valence-electron chi connectivity index (χ4n) is 3.38. The molecule has 0 radical (unpaired) electrons. The number of rotatable bonds is 5. The van der Waals surface area contributed by atoms with E-state index in [1.165, 1.54) is 12.7 Å². The minimum absolute atomic E-state index is 0.403. The second kappa shape index (κ2) is 6.86. The summed E-state index contributed by atoms with van der Waals surface area (Å²) in [6.45, 7) is 1.79. The highest BCUT2D eigenvalue weighted by atomic mass is 16.6. The van der Waals surface area contributed by atoms with Crippen LogP contribution in [-0.4, -0.2) is 59.8 Å². The Morgan fingerprint density at radius 2 is 1.96 bits per heavy atom. The Morgan fingerprint density at radius 3 is 2.67 bits per heavy atom. The monoisotopic (exact) mass is 371 g/mol. The zero-order chi connectivity index (χ0) is 19.0. The van der Waals surface area contributed by atoms with Crippen molar-refractivity contribution in [1.29, 1.82) is 0 Å². The lowest BCUT2D eigenvalue weighted by atomic mass is 10.0. The van der Waals surface area contributed by atoms with Crippen LogP contribution in [0.2, 0.25) is 0 Å². The normalized spacial score (nSPS) is 27.9. The standard InChI is InChI=1S/C18H21N5O4/c1-18(15(26)14(25)12(8-24)27-18)23-10-22-13-16(20-9-21-17(13)23)19-7-11-5-3-2-4-6-11/h2-6,9-10,12,14-15,24-26H,7-8H2,1H3,(H,19,20,21)/t12-,14-,15-,18-/m1/s1. The first-order valence-electron chi connectivity index (χ1n) is 8.65. The number of nitrogens with zero attached hydrogens (tertiary/aromatic N) is 4. The quantitative estimate of drug-likeness (QED) is 0.502. The molecule has 1 saturated heterocycles. The second-order valence-corrected chi connectivity index (χ2v) is 6.68. The number of benzene rings is 1. The highest BCUT2D eigenvalue weighted by molar-refractivity contribution is 5.82. The van der Waals surface area contributed by atoms with Crippen LogP contribution in [0.5, 0.6) is 0 Å². The van der Waals surface area contributed by atoms with Gasteiger partial charge in [0.05, 0.1) is 12.9 Å². The highest BCUT2D eigenvalue weighted by Crippen LogP contribution is 2.37. The van der Waals surface area contributed by atoms with Crippen LogP contribution in [0.4, 0.5) is 5.82 Å². The lowest BCUT2D eigenvalue weighted by molar-refractivity contribution is -0.132. The van der Waals surface area contributed by atoms with Crippen LogP contribution >= 0.6 is 0 Å². The topological polar surface area (TPSA) is 126 Å². The molecule has 142 valence electrons. The molecule has 0 amide bonds. The zero-order valence-electron chi connectivity index (χ0n) is 14.7. The molecule has 4 atom stereocenters. The van der Waals surface area contributed by atoms with Crippen molar-refractivity contribution in [3.63, 3.8) is 0 Å². The van der Waals surface area contributed by atoms with E-state index >= 15 is 0 Å². The lowest BCUT2D eigenvalue weighted by Gasteiger charge is -2.29. The smallest absolute Gasteiger partial charge is 0.173 e. The molecule has 0 unspecified atom stereocenters. The summed E-state index contributed by atoms with van der Waals surface area (Å²) in [6, 6.07) is 9.89. The van der Waals surface area contributed by atoms with Crippen molar-refractivity contribution in [3.8, 4) is 0 Å². The summed E-state index contributed by atoms with van der Waals surface area (Å²) < 4.78 is 7.29. The van der Waals surface area contributed by atoms with Crippen LogP contribution in [0.25, 0.3) is 11.2 Å². The second-order valence-electron chi connectivity index (χ2n) is 6.68. The van der Waals surface area contributed by atoms with Crippen molar-refractivity contribution < 1.29 is 20.1 Å². The van der Waals surface area contributed by atoms with E-state index in [0.29, 0.717) is 23.5 Å². The summed E-state index contributed by atoms with van der Waals surface area (Å²) >= 11 is 0. The van der Waals surface area contributed by atoms with E-state index in [4.69, 9.17) is 4.74 Å². The number of nitrogens with one attached hydrogen (secondary N) is 1. The van der Waals surface area contributed by atoms with E-state index < -0.39 is 30.6 Å². The molecular formula is C18H21N5O4. The average Bonchev–Trinajstić information content (AvgIpc) is 3.23. The molecule has 3 aromatic rings. The van der Waals surface area contributed by atoms with Crippen molar-refractivity contribution in [1.82, 2.24) is 19.5 Å². The molecule has 4 rings (SSSR count). The molecule has 1 aliphatic heterocycles. The summed E-state index contributed by atoms with van der Waals surface area (Å²) in [5.41, 5.74) is 0.756. The number of anilines is 1. The molecule has 0 saturated carbocycles. The molecular weight excluding hydrogens is 350 g/mol. The Bertz CT molecular complexity index is 934. The van der Waals surface area contributed by atoms with Crippen LogP contribution in [0.3, 0.4) is 0 Å². The molecule has 9 nitrogen and oxygen atoms in total. The Hall–Kier alpha value is -2.59. The highest BCUT2D eigenvalue weighted by Gasteiger charge is 2.52. The number of aliphatic hydroxyl groups excluding tert-OH is 3. The van der Waals surface area contributed by atoms with Crippen molar-refractivity contribution >= 4 is 17.0 Å². The Labute approximate surface area is 155 Å². The van der Waals surface area contributed by atoms with Crippen molar-refractivity contribution in [2.75, 3.05) is 11.9 Å². The van der Waals surface area contributed by atoms with Gasteiger partial charge < -0.3 is 25.4 Å². The van der Waals surface area contributed by atoms with Gasteiger partial charge in [0.2, 0.25) is 0 Å². The minimum Gasteiger partial charge on any atom is -0.394 e. The molecule has 0 spiro atoms. The number of aromatic nitrogens is 4. The maximum Gasteiger partial charge on any atom is 0.173 e. The van der Waals surface area contributed by atoms with Gasteiger partial charge in [-0.1, -0.05) is 30.3 Å². The maximum atomic E-state index is 10.5. The van der Waals surface area contributed by atoms with E-state index in [-0.39, 0.29) is 0 Å². The predicted molar refractivity (Wildman–Crippen MR) is 96.7 cm³/mol. The summed E-state index contributed by atoms with van der Waals surface area (Å²) in [7, 11) is 0. The third-order valence-electron chi connectivity index (χ3n) is 4.94. The average molecular weight is 371 g/mol. The largest absolute Gasteiger partial charge is 0.394 e. The van der Waals surface area contributed by atoms with Crippen LogP contribution in [0.1, 0.15) is 12.5 Å². The van der Waals surface area contributed by atoms with Crippen molar-refractivity contribution in [2.45, 2.75) is 37.5 Å². The van der Waals surface area contributed by atoms with Gasteiger partial charge in [0.15, 0.2) is 22.7 Å². The van der Waals surface area contributed by atoms with Gasteiger partial charge in [-0.25, -0.2) is 15.0 Å². The summed E-state index contributed by atoms with van der Waals surface area (Å²) in [6.07, 6.45) is -0.459. The van der Waals surface area contributed by atoms with Gasteiger partial charge in [-0.2, -0.15) is 0 Å². The maximum absolute atomic E-state index is 10.5. The molecule has 1 aliphatic rings. The van der Waals surface area contributed by atoms with Crippen LogP contribution in [0, 0.1) is 0 Å². The molecule has 3 heterocycles. The third-order valence-corrected chi connectivity index (χ3v) is 4.94. The molecule has 27 heavy (non-hydrogen) atoms. The molecule has 1 fully saturated rings. The first-order valence-corrected chi connectivity index (χ1v) is 8.65. The van der Waals surface area contributed by atoms with Crippen LogP contribution in [0.15, 0.2) is 43.0 Å². The number of imidazole rings is 1. The van der Waals surface area contributed by atoms with E-state index in [1.54, 1.807) is 11.5 Å². The van der Waals surface area contributed by atoms with Gasteiger partial charge in [-0.05, 0) is 12.5 Å². The van der Waals surface area contributed by atoms with E-state index in [1.807, 2.05) is 30.3 Å². The molecule has 9 heteroatoms. The van der Waals surface area contributed by atoms with Gasteiger partial charge in [0, 0.05) is 6.54 Å². The Kier molecular flexibility index (Phi) is 4.52. The summed E-state index contributed by atoms with van der Waals surface area (Å²) in [4.78, 5) is 12.9. The molecule has 1 aromatic carbocycles. The van der Waals surface area contributed by atoms with Crippen LogP contribution < -0.4 is 5.32 Å². The fraction of sp³-hybridized carbons (Fsp3) is 0.389. The van der Waals surface area contributed by atoms with Gasteiger partial charge in [0.25, 0.3) is 0 Å². The molecule has 4 N–H and O–H groups in total.